The number of Topliss-reactive ketones (excluding diaryl/α,β-unsaturated/α-hetero) is 1. The number of ketones is 1. The molecule has 0 bridgehead atoms. The van der Waals surface area contributed by atoms with Crippen molar-refractivity contribution in [2.45, 2.75) is 33.2 Å². The van der Waals surface area contributed by atoms with Crippen LogP contribution in [-0.4, -0.2) is 48.3 Å². The summed E-state index contributed by atoms with van der Waals surface area (Å²) in [6.07, 6.45) is 1.68. The summed E-state index contributed by atoms with van der Waals surface area (Å²) in [5.74, 6) is 0.647. The molecule has 0 aliphatic carbocycles. The molecule has 1 aliphatic rings. The van der Waals surface area contributed by atoms with Gasteiger partial charge in [0.05, 0.1) is 0 Å². The number of nitrogens with zero attached hydrogens (tertiary/aromatic N) is 2. The molecule has 1 unspecified atom stereocenters. The first kappa shape index (κ1) is 16.2. The number of piperazine rings is 1. The molecule has 0 saturated carbocycles. The lowest BCUT2D eigenvalue weighted by Gasteiger charge is -2.34. The lowest BCUT2D eigenvalue weighted by molar-refractivity contribution is -0.122. The predicted molar refractivity (Wildman–Crippen MR) is 87.2 cm³/mol. The molecule has 1 atom stereocenters. The Labute approximate surface area is 128 Å². The molecule has 3 nitrogen and oxygen atoms in total. The average Bonchev–Trinajstić information content (AvgIpc) is 2.54. The van der Waals surface area contributed by atoms with E-state index in [1.54, 1.807) is 0 Å². The van der Waals surface area contributed by atoms with Crippen LogP contribution in [0.2, 0.25) is 0 Å². The smallest absolute Gasteiger partial charge is 0.136 e. The Morgan fingerprint density at radius 1 is 1.10 bits per heavy atom. The van der Waals surface area contributed by atoms with Gasteiger partial charge in [-0.15, -0.1) is 0 Å². The van der Waals surface area contributed by atoms with Gasteiger partial charge < -0.3 is 4.90 Å². The van der Waals surface area contributed by atoms with E-state index in [9.17, 15) is 4.79 Å². The third kappa shape index (κ3) is 5.25. The van der Waals surface area contributed by atoms with Crippen molar-refractivity contribution in [3.63, 3.8) is 0 Å². The quantitative estimate of drug-likeness (QED) is 0.771. The van der Waals surface area contributed by atoms with Gasteiger partial charge in [0, 0.05) is 51.6 Å². The van der Waals surface area contributed by atoms with E-state index in [4.69, 9.17) is 0 Å². The number of carbonyl (C=O) groups is 1. The third-order valence-corrected chi connectivity index (χ3v) is 4.55. The van der Waals surface area contributed by atoms with Crippen LogP contribution in [0, 0.1) is 5.92 Å². The van der Waals surface area contributed by atoms with E-state index in [1.165, 1.54) is 5.56 Å². The van der Waals surface area contributed by atoms with Crippen molar-refractivity contribution < 1.29 is 4.79 Å². The Kier molecular flexibility index (Phi) is 6.40. The molecule has 0 spiro atoms. The van der Waals surface area contributed by atoms with Gasteiger partial charge in [-0.3, -0.25) is 9.69 Å². The summed E-state index contributed by atoms with van der Waals surface area (Å²) in [6.45, 7) is 10.5. The zero-order valence-corrected chi connectivity index (χ0v) is 13.4. The fourth-order valence-electron chi connectivity index (χ4n) is 2.76. The minimum atomic E-state index is 0.226. The van der Waals surface area contributed by atoms with Crippen molar-refractivity contribution in [2.24, 2.45) is 5.92 Å². The molecule has 0 amide bonds. The molecule has 2 rings (SSSR count). The fraction of sp³-hybridized carbons (Fsp3) is 0.611. The normalized spacial score (nSPS) is 18.6. The highest BCUT2D eigenvalue weighted by atomic mass is 16.1. The van der Waals surface area contributed by atoms with Gasteiger partial charge in [0.1, 0.15) is 5.78 Å². The molecule has 1 aromatic carbocycles. The van der Waals surface area contributed by atoms with Crippen LogP contribution < -0.4 is 0 Å². The minimum Gasteiger partial charge on any atom is -0.300 e. The van der Waals surface area contributed by atoms with Crippen molar-refractivity contribution in [3.8, 4) is 0 Å². The average molecular weight is 288 g/mol. The van der Waals surface area contributed by atoms with Crippen LogP contribution in [0.3, 0.4) is 0 Å². The Morgan fingerprint density at radius 3 is 2.33 bits per heavy atom. The summed E-state index contributed by atoms with van der Waals surface area (Å²) in [4.78, 5) is 16.8. The number of hydrogen-bond acceptors (Lipinski definition) is 3. The first-order chi connectivity index (χ1) is 10.2. The van der Waals surface area contributed by atoms with Crippen LogP contribution in [0.15, 0.2) is 30.3 Å². The summed E-state index contributed by atoms with van der Waals surface area (Å²) < 4.78 is 0. The molecular formula is C18H28N2O. The van der Waals surface area contributed by atoms with Gasteiger partial charge in [-0.2, -0.15) is 0 Å². The van der Waals surface area contributed by atoms with Crippen molar-refractivity contribution in [3.05, 3.63) is 35.9 Å². The molecule has 1 aromatic rings. The van der Waals surface area contributed by atoms with Gasteiger partial charge in [0.15, 0.2) is 0 Å². The van der Waals surface area contributed by atoms with Crippen molar-refractivity contribution >= 4 is 5.78 Å². The SMILES string of the molecule is CCC(C)C(=O)CCN1CCN(Cc2ccccc2)CC1. The van der Waals surface area contributed by atoms with Crippen molar-refractivity contribution in [2.75, 3.05) is 32.7 Å². The molecule has 3 heteroatoms. The van der Waals surface area contributed by atoms with E-state index in [0.717, 1.165) is 45.7 Å². The molecular weight excluding hydrogens is 260 g/mol. The van der Waals surface area contributed by atoms with Gasteiger partial charge in [0.2, 0.25) is 0 Å². The van der Waals surface area contributed by atoms with Crippen LogP contribution in [-0.2, 0) is 11.3 Å². The molecule has 116 valence electrons. The van der Waals surface area contributed by atoms with Gasteiger partial charge in [-0.1, -0.05) is 44.2 Å². The Morgan fingerprint density at radius 2 is 1.71 bits per heavy atom. The van der Waals surface area contributed by atoms with E-state index in [2.05, 4.69) is 47.1 Å². The lowest BCUT2D eigenvalue weighted by Crippen LogP contribution is -2.46. The van der Waals surface area contributed by atoms with Gasteiger partial charge in [0.25, 0.3) is 0 Å². The molecule has 1 heterocycles. The second-order valence-corrected chi connectivity index (χ2v) is 6.13. The zero-order valence-electron chi connectivity index (χ0n) is 13.4. The van der Waals surface area contributed by atoms with Crippen LogP contribution in [0.5, 0.6) is 0 Å². The van der Waals surface area contributed by atoms with Gasteiger partial charge in [-0.05, 0) is 12.0 Å². The standard InChI is InChI=1S/C18H28N2O/c1-3-16(2)18(21)9-10-19-11-13-20(14-12-19)15-17-7-5-4-6-8-17/h4-8,16H,3,9-15H2,1-2H3. The van der Waals surface area contributed by atoms with Crippen LogP contribution in [0.25, 0.3) is 0 Å². The third-order valence-electron chi connectivity index (χ3n) is 4.55. The number of benzene rings is 1. The molecule has 0 N–H and O–H groups in total. The molecule has 1 fully saturated rings. The minimum absolute atomic E-state index is 0.226. The maximum Gasteiger partial charge on any atom is 0.136 e. The Hall–Kier alpha value is -1.19. The molecule has 0 radical (unpaired) electrons. The van der Waals surface area contributed by atoms with Crippen LogP contribution in [0.1, 0.15) is 32.3 Å². The monoisotopic (exact) mass is 288 g/mol. The highest BCUT2D eigenvalue weighted by Gasteiger charge is 2.18. The molecule has 21 heavy (non-hydrogen) atoms. The summed E-state index contributed by atoms with van der Waals surface area (Å²) in [7, 11) is 0. The Bertz CT molecular complexity index is 424. The fourth-order valence-corrected chi connectivity index (χ4v) is 2.76. The molecule has 1 saturated heterocycles. The predicted octanol–water partition coefficient (Wildman–Crippen LogP) is 2.81. The largest absolute Gasteiger partial charge is 0.300 e. The zero-order chi connectivity index (χ0) is 15.1. The second-order valence-electron chi connectivity index (χ2n) is 6.13. The van der Waals surface area contributed by atoms with E-state index in [-0.39, 0.29) is 5.92 Å². The van der Waals surface area contributed by atoms with Gasteiger partial charge in [-0.25, -0.2) is 0 Å². The molecule has 0 aromatic heterocycles. The topological polar surface area (TPSA) is 23.6 Å². The van der Waals surface area contributed by atoms with E-state index in [1.807, 2.05) is 6.92 Å². The number of hydrogen-bond donors (Lipinski definition) is 0. The summed E-state index contributed by atoms with van der Waals surface area (Å²) in [5.41, 5.74) is 1.39. The van der Waals surface area contributed by atoms with Gasteiger partial charge >= 0.3 is 0 Å². The summed E-state index contributed by atoms with van der Waals surface area (Å²) >= 11 is 0. The lowest BCUT2D eigenvalue weighted by atomic mass is 10.0. The molecule has 1 aliphatic heterocycles. The number of carbonyl (C=O) groups excluding carboxylic acids is 1. The van der Waals surface area contributed by atoms with Crippen molar-refractivity contribution in [1.82, 2.24) is 9.80 Å². The van der Waals surface area contributed by atoms with Crippen molar-refractivity contribution in [1.29, 1.82) is 0 Å². The van der Waals surface area contributed by atoms with E-state index < -0.39 is 0 Å². The summed E-state index contributed by atoms with van der Waals surface area (Å²) in [5, 5.41) is 0. The number of rotatable bonds is 7. The summed E-state index contributed by atoms with van der Waals surface area (Å²) in [6, 6.07) is 10.7. The first-order valence-electron chi connectivity index (χ1n) is 8.20. The second kappa shape index (κ2) is 8.30. The highest BCUT2D eigenvalue weighted by molar-refractivity contribution is 5.80. The first-order valence-corrected chi connectivity index (χ1v) is 8.20. The van der Waals surface area contributed by atoms with E-state index in [0.29, 0.717) is 12.2 Å². The maximum absolute atomic E-state index is 11.9. The maximum atomic E-state index is 11.9. The van der Waals surface area contributed by atoms with E-state index >= 15 is 0 Å². The highest BCUT2D eigenvalue weighted by Crippen LogP contribution is 2.10. The van der Waals surface area contributed by atoms with Crippen LogP contribution >= 0.6 is 0 Å². The van der Waals surface area contributed by atoms with Crippen LogP contribution in [0.4, 0.5) is 0 Å². The Balaban J connectivity index is 1.67.